The van der Waals surface area contributed by atoms with Crippen LogP contribution in [-0.2, 0) is 28.4 Å². The Balaban J connectivity index is 1.12. The van der Waals surface area contributed by atoms with Crippen molar-refractivity contribution in [1.82, 2.24) is 19.4 Å². The number of para-hydroxylation sites is 1. The summed E-state index contributed by atoms with van der Waals surface area (Å²) in [6.45, 7) is 7.97. The van der Waals surface area contributed by atoms with Gasteiger partial charge in [0.25, 0.3) is 5.79 Å². The number of hydrogen-bond donors (Lipinski definition) is 1. The van der Waals surface area contributed by atoms with E-state index in [0.717, 1.165) is 61.6 Å². The molecule has 3 atom stereocenters. The molecule has 0 spiro atoms. The molecule has 0 bridgehead atoms. The molecule has 1 N–H and O–H groups in total. The number of hydrogen-bond acceptors (Lipinski definition) is 8. The molecule has 4 aromatic rings. The molecule has 2 fully saturated rings. The number of benzene rings is 2. The number of piperidine rings is 1. The van der Waals surface area contributed by atoms with Crippen LogP contribution in [0.25, 0.3) is 11.0 Å². The van der Waals surface area contributed by atoms with E-state index < -0.39 is 11.8 Å². The van der Waals surface area contributed by atoms with Crippen LogP contribution in [0.3, 0.4) is 0 Å². The Morgan fingerprint density at radius 1 is 1.16 bits per heavy atom. The normalized spacial score (nSPS) is 23.7. The molecule has 0 aliphatic carbocycles. The van der Waals surface area contributed by atoms with Gasteiger partial charge in [0.05, 0.1) is 48.0 Å². The number of aromatic nitrogens is 3. The van der Waals surface area contributed by atoms with Crippen molar-refractivity contribution in [2.75, 3.05) is 26.3 Å². The summed E-state index contributed by atoms with van der Waals surface area (Å²) in [7, 11) is 0. The van der Waals surface area contributed by atoms with Crippen molar-refractivity contribution in [3.63, 3.8) is 0 Å². The first kappa shape index (κ1) is 30.0. The average Bonchev–Trinajstić information content (AvgIpc) is 3.36. The number of likely N-dealkylation sites (tertiary alicyclic amines) is 1. The Morgan fingerprint density at radius 3 is 2.64 bits per heavy atom. The molecule has 7 rings (SSSR count). The Hall–Kier alpha value is -3.70. The van der Waals surface area contributed by atoms with E-state index in [0.29, 0.717) is 41.7 Å². The maximum atomic E-state index is 12.0. The fourth-order valence-corrected chi connectivity index (χ4v) is 6.77. The number of nitrogens with zero attached hydrogens (tertiary/aromatic N) is 4. The van der Waals surface area contributed by atoms with Gasteiger partial charge in [0.15, 0.2) is 0 Å². The monoisotopic (exact) mass is 632 g/mol. The van der Waals surface area contributed by atoms with Crippen molar-refractivity contribution in [2.24, 2.45) is 5.92 Å². The summed E-state index contributed by atoms with van der Waals surface area (Å²) in [4.78, 5) is 23.9. The Labute approximate surface area is 266 Å². The molecule has 2 saturated heterocycles. The second-order valence-corrected chi connectivity index (χ2v) is 12.5. The zero-order valence-corrected chi connectivity index (χ0v) is 26.2. The number of ether oxygens (including phenoxy) is 4. The van der Waals surface area contributed by atoms with Gasteiger partial charge < -0.3 is 28.6 Å². The maximum Gasteiger partial charge on any atom is 0.335 e. The van der Waals surface area contributed by atoms with E-state index in [4.69, 9.17) is 35.5 Å². The zero-order chi connectivity index (χ0) is 31.1. The molecule has 5 heterocycles. The highest BCUT2D eigenvalue weighted by molar-refractivity contribution is 6.30. The molecule has 2 unspecified atom stereocenters. The van der Waals surface area contributed by atoms with Crippen LogP contribution in [0.1, 0.15) is 66.7 Å². The van der Waals surface area contributed by atoms with E-state index in [1.807, 2.05) is 38.1 Å². The summed E-state index contributed by atoms with van der Waals surface area (Å²) in [5.41, 5.74) is 3.37. The topological polar surface area (TPSA) is 108 Å². The lowest BCUT2D eigenvalue weighted by atomic mass is 9.86. The first-order chi connectivity index (χ1) is 21.8. The standard InChI is InChI=1S/C34H37ClN4O6/c1-3-42-28-17-22(33(40)41)16-26-31(28)37-30(39(26)19-24-12-15-43-24)20-38-13-10-21(11-14-38)32-25-6-4-5-7-27(25)44-34(2,45-32)29-9-8-23(35)18-36-29/h4-9,16-18,21,24,32H,3,10-15,19-20H2,1-2H3,(H,40,41)/t24-,32?,34?/m0/s1. The summed E-state index contributed by atoms with van der Waals surface area (Å²) in [6.07, 6.45) is 4.39. The molecule has 10 nitrogen and oxygen atoms in total. The molecule has 11 heteroatoms. The minimum absolute atomic E-state index is 0.0890. The van der Waals surface area contributed by atoms with E-state index in [1.54, 1.807) is 24.4 Å². The number of imidazole rings is 1. The van der Waals surface area contributed by atoms with Gasteiger partial charge >= 0.3 is 5.97 Å². The summed E-state index contributed by atoms with van der Waals surface area (Å²) in [6, 6.07) is 15.0. The molecule has 0 amide bonds. The average molecular weight is 633 g/mol. The maximum absolute atomic E-state index is 12.0. The summed E-state index contributed by atoms with van der Waals surface area (Å²) in [5, 5.41) is 10.4. The van der Waals surface area contributed by atoms with Gasteiger partial charge in [0.1, 0.15) is 28.5 Å². The number of carboxylic acids is 1. The van der Waals surface area contributed by atoms with Crippen molar-refractivity contribution in [2.45, 2.75) is 64.2 Å². The SMILES string of the molecule is CCOc1cc(C(=O)O)cc2c1nc(CN1CCC(C3OC(C)(c4ccc(Cl)cn4)Oc4ccccc43)CC1)n2C[C@@H]1CCO1. The van der Waals surface area contributed by atoms with Crippen molar-refractivity contribution < 1.29 is 28.8 Å². The number of pyridine rings is 1. The molecule has 2 aromatic heterocycles. The van der Waals surface area contributed by atoms with Crippen molar-refractivity contribution >= 4 is 28.6 Å². The predicted octanol–water partition coefficient (Wildman–Crippen LogP) is 6.21. The van der Waals surface area contributed by atoms with E-state index >= 15 is 0 Å². The smallest absolute Gasteiger partial charge is 0.335 e. The third kappa shape index (κ3) is 5.88. The molecule has 236 valence electrons. The van der Waals surface area contributed by atoms with Gasteiger partial charge in [-0.25, -0.2) is 9.78 Å². The van der Waals surface area contributed by atoms with E-state index in [9.17, 15) is 9.90 Å². The summed E-state index contributed by atoms with van der Waals surface area (Å²) in [5.74, 6) is 0.443. The van der Waals surface area contributed by atoms with Crippen LogP contribution in [0.15, 0.2) is 54.7 Å². The molecule has 3 aliphatic heterocycles. The van der Waals surface area contributed by atoms with E-state index in [1.165, 1.54) is 0 Å². The third-order valence-corrected chi connectivity index (χ3v) is 9.35. The molecule has 0 radical (unpaired) electrons. The lowest BCUT2D eigenvalue weighted by Gasteiger charge is -2.44. The van der Waals surface area contributed by atoms with Gasteiger partial charge in [-0.05, 0) is 75.5 Å². The number of fused-ring (bicyclic) bond motifs is 2. The Morgan fingerprint density at radius 2 is 1.96 bits per heavy atom. The largest absolute Gasteiger partial charge is 0.492 e. The fourth-order valence-electron chi connectivity index (χ4n) is 6.65. The van der Waals surface area contributed by atoms with Crippen molar-refractivity contribution in [1.29, 1.82) is 0 Å². The lowest BCUT2D eigenvalue weighted by Crippen LogP contribution is -2.43. The van der Waals surface area contributed by atoms with Gasteiger partial charge in [-0.1, -0.05) is 29.8 Å². The minimum Gasteiger partial charge on any atom is -0.492 e. The van der Waals surface area contributed by atoms with Crippen LogP contribution >= 0.6 is 11.6 Å². The zero-order valence-electron chi connectivity index (χ0n) is 25.4. The van der Waals surface area contributed by atoms with Crippen LogP contribution in [0, 0.1) is 5.92 Å². The number of aromatic carboxylic acids is 1. The highest BCUT2D eigenvalue weighted by Crippen LogP contribution is 2.48. The van der Waals surface area contributed by atoms with Crippen LogP contribution in [-0.4, -0.2) is 62.9 Å². The number of halogens is 1. The quantitative estimate of drug-likeness (QED) is 0.230. The number of rotatable bonds is 9. The fraction of sp³-hybridized carbons (Fsp3) is 0.441. The molecular formula is C34H37ClN4O6. The van der Waals surface area contributed by atoms with Crippen LogP contribution in [0.5, 0.6) is 11.5 Å². The van der Waals surface area contributed by atoms with Crippen LogP contribution in [0.2, 0.25) is 5.02 Å². The predicted molar refractivity (Wildman–Crippen MR) is 168 cm³/mol. The van der Waals surface area contributed by atoms with Crippen LogP contribution in [0.4, 0.5) is 0 Å². The molecule has 45 heavy (non-hydrogen) atoms. The van der Waals surface area contributed by atoms with Gasteiger partial charge in [-0.15, -0.1) is 0 Å². The minimum atomic E-state index is -1.04. The molecule has 0 saturated carbocycles. The van der Waals surface area contributed by atoms with Gasteiger partial charge in [-0.2, -0.15) is 0 Å². The molecule has 3 aliphatic rings. The lowest BCUT2D eigenvalue weighted by molar-refractivity contribution is -0.244. The second-order valence-electron chi connectivity index (χ2n) is 12.1. The molecule has 2 aromatic carbocycles. The first-order valence-corrected chi connectivity index (χ1v) is 16.0. The van der Waals surface area contributed by atoms with Gasteiger partial charge in [-0.3, -0.25) is 9.88 Å². The summed E-state index contributed by atoms with van der Waals surface area (Å²) >= 11 is 6.12. The van der Waals surface area contributed by atoms with E-state index in [-0.39, 0.29) is 23.7 Å². The van der Waals surface area contributed by atoms with E-state index in [2.05, 4.69) is 20.5 Å². The van der Waals surface area contributed by atoms with Gasteiger partial charge in [0.2, 0.25) is 0 Å². The number of carboxylic acid groups (broad SMARTS) is 1. The Kier molecular flexibility index (Phi) is 8.16. The summed E-state index contributed by atoms with van der Waals surface area (Å²) < 4.78 is 26.9. The molecular weight excluding hydrogens is 596 g/mol. The third-order valence-electron chi connectivity index (χ3n) is 9.12. The Bertz CT molecular complexity index is 1700. The van der Waals surface area contributed by atoms with Crippen molar-refractivity contribution in [3.8, 4) is 11.5 Å². The highest BCUT2D eigenvalue weighted by Gasteiger charge is 2.44. The first-order valence-electron chi connectivity index (χ1n) is 15.6. The second kappa shape index (κ2) is 12.2. The van der Waals surface area contributed by atoms with Gasteiger partial charge in [0, 0.05) is 25.3 Å². The van der Waals surface area contributed by atoms with Crippen molar-refractivity contribution in [3.05, 3.63) is 82.4 Å². The van der Waals surface area contributed by atoms with Crippen LogP contribution < -0.4 is 9.47 Å². The number of carbonyl (C=O) groups is 1. The highest BCUT2D eigenvalue weighted by atomic mass is 35.5.